The number of anilines is 1. The van der Waals surface area contributed by atoms with E-state index in [0.717, 1.165) is 36.8 Å². The zero-order chi connectivity index (χ0) is 29.6. The molecule has 0 aliphatic heterocycles. The van der Waals surface area contributed by atoms with Crippen LogP contribution in [-0.4, -0.2) is 36.4 Å². The quantitative estimate of drug-likeness (QED) is 0.336. The summed E-state index contributed by atoms with van der Waals surface area (Å²) >= 11 is 0. The molecule has 2 aliphatic carbocycles. The van der Waals surface area contributed by atoms with Crippen LogP contribution in [0.15, 0.2) is 46.4 Å². The van der Waals surface area contributed by atoms with Gasteiger partial charge in [0.15, 0.2) is 5.69 Å². The number of ether oxygens (including phenoxy) is 1. The summed E-state index contributed by atoms with van der Waals surface area (Å²) in [5, 5.41) is 5.08. The number of hydrogen-bond acceptors (Lipinski definition) is 6. The van der Waals surface area contributed by atoms with Gasteiger partial charge in [0.05, 0.1) is 7.11 Å². The number of benzene rings is 1. The van der Waals surface area contributed by atoms with Crippen molar-refractivity contribution in [2.24, 2.45) is 5.92 Å². The molecule has 2 aliphatic rings. The molecule has 1 heterocycles. The zero-order valence-electron chi connectivity index (χ0n) is 23.1. The highest BCUT2D eigenvalue weighted by molar-refractivity contribution is 5.95. The number of alkyl halides is 3. The Hall–Kier alpha value is -3.89. The summed E-state index contributed by atoms with van der Waals surface area (Å²) in [4.78, 5) is 40.3. The second kappa shape index (κ2) is 13.2. The normalized spacial score (nSPS) is 19.1. The van der Waals surface area contributed by atoms with E-state index in [1.807, 2.05) is 19.1 Å². The molecular formula is C30H34F3N3O5. The molecule has 11 heteroatoms. The molecule has 1 aromatic heterocycles. The minimum absolute atomic E-state index is 0.140. The Morgan fingerprint density at radius 3 is 2.37 bits per heavy atom. The fraction of sp³-hybridized carbons (Fsp3) is 0.467. The molecule has 0 spiro atoms. The maximum absolute atomic E-state index is 13.5. The third-order valence-corrected chi connectivity index (χ3v) is 7.57. The lowest BCUT2D eigenvalue weighted by Crippen LogP contribution is -2.29. The Kier molecular flexibility index (Phi) is 9.67. The summed E-state index contributed by atoms with van der Waals surface area (Å²) in [6, 6.07) is 7.52. The molecule has 1 aromatic carbocycles. The number of nitrogens with zero attached hydrogens (tertiary/aromatic N) is 1. The Balaban J connectivity index is 1.26. The first-order valence-corrected chi connectivity index (χ1v) is 13.7. The van der Waals surface area contributed by atoms with Gasteiger partial charge in [-0.1, -0.05) is 29.9 Å². The van der Waals surface area contributed by atoms with Crippen molar-refractivity contribution < 1.29 is 36.7 Å². The topological polar surface area (TPSA) is 111 Å². The number of amides is 2. The number of carbonyl (C=O) groups is 3. The molecule has 0 saturated heterocycles. The van der Waals surface area contributed by atoms with Crippen molar-refractivity contribution in [2.75, 3.05) is 19.0 Å². The fourth-order valence-electron chi connectivity index (χ4n) is 5.18. The number of esters is 1. The lowest BCUT2D eigenvalue weighted by Gasteiger charge is -2.28. The van der Waals surface area contributed by atoms with Gasteiger partial charge in [0, 0.05) is 30.6 Å². The summed E-state index contributed by atoms with van der Waals surface area (Å²) in [6.07, 6.45) is 3.82. The summed E-state index contributed by atoms with van der Waals surface area (Å²) < 4.78 is 50.4. The van der Waals surface area contributed by atoms with Crippen LogP contribution in [0.25, 0.3) is 5.57 Å². The van der Waals surface area contributed by atoms with Crippen LogP contribution >= 0.6 is 0 Å². The maximum atomic E-state index is 13.5. The van der Waals surface area contributed by atoms with Gasteiger partial charge < -0.3 is 19.8 Å². The highest BCUT2D eigenvalue weighted by atomic mass is 19.4. The van der Waals surface area contributed by atoms with E-state index >= 15 is 0 Å². The Labute approximate surface area is 236 Å². The van der Waals surface area contributed by atoms with E-state index in [9.17, 15) is 27.6 Å². The first-order valence-electron chi connectivity index (χ1n) is 13.7. The SMILES string of the molecule is COC(=O)CC1CCC(c2ccc(NC(=O)CCNC(=O)c3nc(C4=CC=C(C)CC4)oc3C(F)(F)F)cc2)CC1. The Morgan fingerprint density at radius 1 is 1.05 bits per heavy atom. The predicted molar refractivity (Wildman–Crippen MR) is 146 cm³/mol. The molecule has 8 nitrogen and oxygen atoms in total. The summed E-state index contributed by atoms with van der Waals surface area (Å²) in [5.41, 5.74) is 2.45. The first kappa shape index (κ1) is 30.1. The smallest absolute Gasteiger partial charge is 0.452 e. The van der Waals surface area contributed by atoms with Crippen molar-refractivity contribution in [3.63, 3.8) is 0 Å². The highest BCUT2D eigenvalue weighted by Crippen LogP contribution is 2.38. The third-order valence-electron chi connectivity index (χ3n) is 7.57. The van der Waals surface area contributed by atoms with Crippen molar-refractivity contribution in [3.8, 4) is 0 Å². The number of nitrogens with one attached hydrogen (secondary N) is 2. The molecule has 4 rings (SSSR count). The number of methoxy groups -OCH3 is 1. The van der Waals surface area contributed by atoms with Crippen LogP contribution in [0.5, 0.6) is 0 Å². The average molecular weight is 574 g/mol. The van der Waals surface area contributed by atoms with E-state index in [-0.39, 0.29) is 24.8 Å². The molecule has 0 unspecified atom stereocenters. The van der Waals surface area contributed by atoms with Gasteiger partial charge in [-0.25, -0.2) is 4.98 Å². The molecule has 2 N–H and O–H groups in total. The monoisotopic (exact) mass is 573 g/mol. The van der Waals surface area contributed by atoms with Gasteiger partial charge in [0.2, 0.25) is 17.6 Å². The molecule has 0 bridgehead atoms. The molecule has 0 radical (unpaired) electrons. The van der Waals surface area contributed by atoms with Crippen molar-refractivity contribution in [2.45, 2.75) is 70.4 Å². The van der Waals surface area contributed by atoms with Gasteiger partial charge in [-0.3, -0.25) is 14.4 Å². The van der Waals surface area contributed by atoms with E-state index in [1.54, 1.807) is 24.3 Å². The van der Waals surface area contributed by atoms with Crippen LogP contribution in [-0.2, 0) is 20.5 Å². The minimum Gasteiger partial charge on any atom is -0.469 e. The Morgan fingerprint density at radius 2 is 1.76 bits per heavy atom. The molecule has 2 amide bonds. The van der Waals surface area contributed by atoms with Crippen molar-refractivity contribution in [1.29, 1.82) is 0 Å². The van der Waals surface area contributed by atoms with E-state index < -0.39 is 29.4 Å². The van der Waals surface area contributed by atoms with Crippen molar-refractivity contribution in [1.82, 2.24) is 10.3 Å². The van der Waals surface area contributed by atoms with E-state index in [0.29, 0.717) is 42.4 Å². The maximum Gasteiger partial charge on any atom is 0.452 e. The second-order valence-corrected chi connectivity index (χ2v) is 10.6. The first-order chi connectivity index (χ1) is 19.5. The summed E-state index contributed by atoms with van der Waals surface area (Å²) in [6.45, 7) is 1.73. The molecule has 1 saturated carbocycles. The van der Waals surface area contributed by atoms with E-state index in [2.05, 4.69) is 15.6 Å². The zero-order valence-corrected chi connectivity index (χ0v) is 23.1. The van der Waals surface area contributed by atoms with Gasteiger partial charge in [0.25, 0.3) is 5.91 Å². The van der Waals surface area contributed by atoms with E-state index in [1.165, 1.54) is 7.11 Å². The highest BCUT2D eigenvalue weighted by Gasteiger charge is 2.42. The molecule has 2 aromatic rings. The van der Waals surface area contributed by atoms with Crippen molar-refractivity contribution in [3.05, 3.63) is 64.9 Å². The largest absolute Gasteiger partial charge is 0.469 e. The number of oxazole rings is 1. The lowest BCUT2D eigenvalue weighted by atomic mass is 9.77. The third kappa shape index (κ3) is 8.08. The van der Waals surface area contributed by atoms with Crippen LogP contribution in [0.1, 0.15) is 91.9 Å². The van der Waals surface area contributed by atoms with Gasteiger partial charge in [-0.15, -0.1) is 0 Å². The number of halogens is 3. The van der Waals surface area contributed by atoms with Crippen LogP contribution in [0, 0.1) is 5.92 Å². The molecule has 41 heavy (non-hydrogen) atoms. The standard InChI is InChI=1S/C30H34F3N3O5/c1-18-3-7-22(8-4-18)29-36-26(27(41-29)30(31,32)33)28(39)34-16-15-24(37)35-23-13-11-21(12-14-23)20-9-5-19(6-10-20)17-25(38)40-2/h3,7,11-14,19-20H,4-6,8-10,15-17H2,1-2H3,(H,34,39)(H,35,37). The average Bonchev–Trinajstić information content (AvgIpc) is 3.41. The molecule has 220 valence electrons. The molecule has 1 fully saturated rings. The van der Waals surface area contributed by atoms with Crippen LogP contribution in [0.4, 0.5) is 18.9 Å². The molecular weight excluding hydrogens is 539 g/mol. The van der Waals surface area contributed by atoms with Crippen LogP contribution in [0.3, 0.4) is 0 Å². The summed E-state index contributed by atoms with van der Waals surface area (Å²) in [7, 11) is 1.40. The summed E-state index contributed by atoms with van der Waals surface area (Å²) in [5.74, 6) is -2.59. The lowest BCUT2D eigenvalue weighted by molar-refractivity contribution is -0.153. The van der Waals surface area contributed by atoms with Gasteiger partial charge in [0.1, 0.15) is 0 Å². The van der Waals surface area contributed by atoms with Crippen LogP contribution < -0.4 is 10.6 Å². The number of carbonyl (C=O) groups excluding carboxylic acids is 3. The minimum atomic E-state index is -4.90. The number of hydrogen-bond donors (Lipinski definition) is 2. The van der Waals surface area contributed by atoms with Gasteiger partial charge in [-0.2, -0.15) is 13.2 Å². The number of allylic oxidation sites excluding steroid dienone is 4. The van der Waals surface area contributed by atoms with Crippen molar-refractivity contribution >= 4 is 29.0 Å². The van der Waals surface area contributed by atoms with Gasteiger partial charge >= 0.3 is 12.1 Å². The fourth-order valence-corrected chi connectivity index (χ4v) is 5.18. The van der Waals surface area contributed by atoms with Gasteiger partial charge in [-0.05, 0) is 75.0 Å². The number of aromatic nitrogens is 1. The predicted octanol–water partition coefficient (Wildman–Crippen LogP) is 6.41. The Bertz CT molecular complexity index is 1320. The van der Waals surface area contributed by atoms with E-state index in [4.69, 9.17) is 9.15 Å². The second-order valence-electron chi connectivity index (χ2n) is 10.6. The van der Waals surface area contributed by atoms with Crippen LogP contribution in [0.2, 0.25) is 0 Å². The number of rotatable bonds is 9. The molecule has 0 atom stereocenters.